The molecule has 0 radical (unpaired) electrons. The summed E-state index contributed by atoms with van der Waals surface area (Å²) in [6.45, 7) is 3.81. The highest BCUT2D eigenvalue weighted by molar-refractivity contribution is 7.17. The van der Waals surface area contributed by atoms with Crippen LogP contribution in [-0.4, -0.2) is 37.2 Å². The number of esters is 2. The lowest BCUT2D eigenvalue weighted by atomic mass is 10.4. The van der Waals surface area contributed by atoms with E-state index in [9.17, 15) is 9.59 Å². The minimum atomic E-state index is -0.427. The van der Waals surface area contributed by atoms with Gasteiger partial charge in [0.15, 0.2) is 5.13 Å². The zero-order chi connectivity index (χ0) is 12.8. The number of nitrogens with one attached hydrogen (secondary N) is 1. The van der Waals surface area contributed by atoms with Gasteiger partial charge in [0.1, 0.15) is 11.4 Å². The fraction of sp³-hybridized carbons (Fsp3) is 0.500. The molecule has 94 valence electrons. The minimum absolute atomic E-state index is 0.0292. The van der Waals surface area contributed by atoms with Crippen molar-refractivity contribution in [3.63, 3.8) is 0 Å². The lowest BCUT2D eigenvalue weighted by Gasteiger charge is -2.01. The summed E-state index contributed by atoms with van der Waals surface area (Å²) in [4.78, 5) is 27.0. The number of carbonyl (C=O) groups excluding carboxylic acids is 2. The largest absolute Gasteiger partial charge is 0.465 e. The summed E-state index contributed by atoms with van der Waals surface area (Å²) in [5.41, 5.74) is 0.577. The molecular formula is C10H14N2O4S. The second-order valence-corrected chi connectivity index (χ2v) is 4.08. The van der Waals surface area contributed by atoms with E-state index < -0.39 is 5.97 Å². The molecule has 0 saturated heterocycles. The predicted molar refractivity (Wildman–Crippen MR) is 63.3 cm³/mol. The molecule has 0 bridgehead atoms. The first-order chi connectivity index (χ1) is 8.08. The topological polar surface area (TPSA) is 77.5 Å². The quantitative estimate of drug-likeness (QED) is 0.800. The molecule has 6 nitrogen and oxygen atoms in total. The second kappa shape index (κ2) is 6.19. The highest BCUT2D eigenvalue weighted by atomic mass is 32.1. The summed E-state index contributed by atoms with van der Waals surface area (Å²) < 4.78 is 9.36. The summed E-state index contributed by atoms with van der Waals surface area (Å²) in [7, 11) is 1.31. The molecule has 1 N–H and O–H groups in total. The van der Waals surface area contributed by atoms with Gasteiger partial charge in [-0.3, -0.25) is 4.79 Å². The number of rotatable bonds is 5. The van der Waals surface area contributed by atoms with Crippen LogP contribution in [0.15, 0.2) is 0 Å². The molecule has 17 heavy (non-hydrogen) atoms. The number of aryl methyl sites for hydroxylation is 1. The Morgan fingerprint density at radius 2 is 2.18 bits per heavy atom. The van der Waals surface area contributed by atoms with Gasteiger partial charge in [0.05, 0.1) is 19.4 Å². The van der Waals surface area contributed by atoms with Gasteiger partial charge in [-0.2, -0.15) is 0 Å². The van der Waals surface area contributed by atoms with Crippen LogP contribution in [0.5, 0.6) is 0 Å². The highest BCUT2D eigenvalue weighted by Crippen LogP contribution is 2.22. The van der Waals surface area contributed by atoms with E-state index in [0.717, 1.165) is 11.3 Å². The smallest absolute Gasteiger partial charge is 0.350 e. The molecule has 0 amide bonds. The highest BCUT2D eigenvalue weighted by Gasteiger charge is 2.15. The van der Waals surface area contributed by atoms with Crippen molar-refractivity contribution >= 4 is 28.4 Å². The van der Waals surface area contributed by atoms with Gasteiger partial charge in [0.25, 0.3) is 0 Å². The Morgan fingerprint density at radius 1 is 1.47 bits per heavy atom. The molecule has 0 aliphatic heterocycles. The van der Waals surface area contributed by atoms with Gasteiger partial charge in [0.2, 0.25) is 0 Å². The van der Waals surface area contributed by atoms with E-state index in [1.54, 1.807) is 13.8 Å². The van der Waals surface area contributed by atoms with Crippen LogP contribution in [0.2, 0.25) is 0 Å². The summed E-state index contributed by atoms with van der Waals surface area (Å²) in [5.74, 6) is -0.788. The number of nitrogens with zero attached hydrogens (tertiary/aromatic N) is 1. The van der Waals surface area contributed by atoms with Crippen molar-refractivity contribution < 1.29 is 19.1 Å². The van der Waals surface area contributed by atoms with Crippen LogP contribution in [0.4, 0.5) is 5.13 Å². The summed E-state index contributed by atoms with van der Waals surface area (Å²) in [6, 6.07) is 0. The molecule has 0 aliphatic carbocycles. The maximum atomic E-state index is 11.3. The third kappa shape index (κ3) is 3.70. The van der Waals surface area contributed by atoms with Crippen LogP contribution in [0, 0.1) is 6.92 Å². The molecule has 0 unspecified atom stereocenters. The van der Waals surface area contributed by atoms with Gasteiger partial charge >= 0.3 is 11.9 Å². The van der Waals surface area contributed by atoms with Crippen LogP contribution >= 0.6 is 11.3 Å². The summed E-state index contributed by atoms with van der Waals surface area (Å²) in [5, 5.41) is 3.29. The zero-order valence-electron chi connectivity index (χ0n) is 9.90. The van der Waals surface area contributed by atoms with Crippen LogP contribution in [0.3, 0.4) is 0 Å². The molecule has 1 aromatic heterocycles. The average Bonchev–Trinajstić information content (AvgIpc) is 2.67. The number of hydrogen-bond acceptors (Lipinski definition) is 7. The molecule has 1 rings (SSSR count). The van der Waals surface area contributed by atoms with Crippen molar-refractivity contribution in [3.8, 4) is 0 Å². The number of hydrogen-bond donors (Lipinski definition) is 1. The van der Waals surface area contributed by atoms with E-state index in [0.29, 0.717) is 22.3 Å². The number of aromatic nitrogens is 1. The molecule has 0 atom stereocenters. The first-order valence-electron chi connectivity index (χ1n) is 5.03. The molecule has 0 aromatic carbocycles. The SMILES string of the molecule is CCOC(=O)CNc1nc(C)c(C(=O)OC)s1. The molecule has 1 aromatic rings. The van der Waals surface area contributed by atoms with Gasteiger partial charge in [-0.1, -0.05) is 11.3 Å². The summed E-state index contributed by atoms with van der Waals surface area (Å²) >= 11 is 1.15. The van der Waals surface area contributed by atoms with Crippen molar-refractivity contribution in [2.75, 3.05) is 25.6 Å². The van der Waals surface area contributed by atoms with Crippen molar-refractivity contribution in [2.45, 2.75) is 13.8 Å². The zero-order valence-corrected chi connectivity index (χ0v) is 10.7. The fourth-order valence-corrected chi connectivity index (χ4v) is 1.99. The minimum Gasteiger partial charge on any atom is -0.465 e. The van der Waals surface area contributed by atoms with Gasteiger partial charge in [-0.15, -0.1) is 0 Å². The van der Waals surface area contributed by atoms with E-state index >= 15 is 0 Å². The third-order valence-electron chi connectivity index (χ3n) is 1.86. The van der Waals surface area contributed by atoms with E-state index in [1.807, 2.05) is 0 Å². The standard InChI is InChI=1S/C10H14N2O4S/c1-4-16-7(13)5-11-10-12-6(2)8(17-10)9(14)15-3/h4-5H2,1-3H3,(H,11,12). The fourth-order valence-electron chi connectivity index (χ4n) is 1.11. The van der Waals surface area contributed by atoms with Gasteiger partial charge < -0.3 is 14.8 Å². The summed E-state index contributed by atoms with van der Waals surface area (Å²) in [6.07, 6.45) is 0. The Labute approximate surface area is 103 Å². The third-order valence-corrected chi connectivity index (χ3v) is 2.95. The van der Waals surface area contributed by atoms with Crippen LogP contribution in [0.1, 0.15) is 22.3 Å². The Bertz CT molecular complexity index is 416. The first-order valence-corrected chi connectivity index (χ1v) is 5.85. The van der Waals surface area contributed by atoms with Crippen LogP contribution in [0.25, 0.3) is 0 Å². The second-order valence-electron chi connectivity index (χ2n) is 3.08. The monoisotopic (exact) mass is 258 g/mol. The normalized spacial score (nSPS) is 9.82. The maximum absolute atomic E-state index is 11.3. The number of carbonyl (C=O) groups is 2. The van der Waals surface area contributed by atoms with Gasteiger partial charge in [0, 0.05) is 0 Å². The average molecular weight is 258 g/mol. The van der Waals surface area contributed by atoms with E-state index in [-0.39, 0.29) is 12.5 Å². The molecule has 0 spiro atoms. The predicted octanol–water partition coefficient (Wildman–Crippen LogP) is 1.21. The lowest BCUT2D eigenvalue weighted by molar-refractivity contribution is -0.140. The number of methoxy groups -OCH3 is 1. The van der Waals surface area contributed by atoms with Crippen molar-refractivity contribution in [3.05, 3.63) is 10.6 Å². The Hall–Kier alpha value is -1.63. The molecule has 0 aliphatic rings. The number of anilines is 1. The first kappa shape index (κ1) is 13.4. The van der Waals surface area contributed by atoms with Crippen molar-refractivity contribution in [1.82, 2.24) is 4.98 Å². The molecule has 7 heteroatoms. The Morgan fingerprint density at radius 3 is 2.76 bits per heavy atom. The Balaban J connectivity index is 2.61. The van der Waals surface area contributed by atoms with Crippen LogP contribution < -0.4 is 5.32 Å². The number of ether oxygens (including phenoxy) is 2. The van der Waals surface area contributed by atoms with E-state index in [4.69, 9.17) is 4.74 Å². The van der Waals surface area contributed by atoms with Gasteiger partial charge in [-0.05, 0) is 13.8 Å². The molecule has 0 fully saturated rings. The Kier molecular flexibility index (Phi) is 4.89. The van der Waals surface area contributed by atoms with E-state index in [1.165, 1.54) is 7.11 Å². The molecular weight excluding hydrogens is 244 g/mol. The molecule has 0 saturated carbocycles. The van der Waals surface area contributed by atoms with Crippen LogP contribution in [-0.2, 0) is 14.3 Å². The lowest BCUT2D eigenvalue weighted by Crippen LogP contribution is -2.16. The number of thiazole rings is 1. The van der Waals surface area contributed by atoms with Crippen molar-refractivity contribution in [1.29, 1.82) is 0 Å². The molecule has 1 heterocycles. The van der Waals surface area contributed by atoms with Gasteiger partial charge in [-0.25, -0.2) is 9.78 Å². The maximum Gasteiger partial charge on any atom is 0.350 e. The van der Waals surface area contributed by atoms with E-state index in [2.05, 4.69) is 15.0 Å². The van der Waals surface area contributed by atoms with Crippen molar-refractivity contribution in [2.24, 2.45) is 0 Å².